The SMILES string of the molecule is Cc1n[nH]c(C)c1CC(=O)NCCOCCO. The van der Waals surface area contributed by atoms with Gasteiger partial charge in [0, 0.05) is 17.8 Å². The molecule has 0 spiro atoms. The minimum Gasteiger partial charge on any atom is -0.394 e. The van der Waals surface area contributed by atoms with Gasteiger partial charge in [-0.05, 0) is 13.8 Å². The molecule has 0 saturated heterocycles. The molecule has 1 amide bonds. The van der Waals surface area contributed by atoms with Crippen LogP contribution >= 0.6 is 0 Å². The molecule has 0 unspecified atom stereocenters. The molecule has 0 aromatic carbocycles. The molecule has 0 bridgehead atoms. The van der Waals surface area contributed by atoms with Crippen molar-refractivity contribution in [2.45, 2.75) is 20.3 Å². The van der Waals surface area contributed by atoms with Crippen molar-refractivity contribution in [3.63, 3.8) is 0 Å². The fourth-order valence-corrected chi connectivity index (χ4v) is 1.49. The maximum Gasteiger partial charge on any atom is 0.224 e. The number of carbonyl (C=O) groups is 1. The van der Waals surface area contributed by atoms with Gasteiger partial charge >= 0.3 is 0 Å². The smallest absolute Gasteiger partial charge is 0.224 e. The Kier molecular flexibility index (Phi) is 5.65. The highest BCUT2D eigenvalue weighted by atomic mass is 16.5. The van der Waals surface area contributed by atoms with Crippen molar-refractivity contribution in [2.24, 2.45) is 0 Å². The van der Waals surface area contributed by atoms with Crippen molar-refractivity contribution in [1.29, 1.82) is 0 Å². The first-order chi connectivity index (χ1) is 8.15. The van der Waals surface area contributed by atoms with E-state index in [2.05, 4.69) is 15.5 Å². The van der Waals surface area contributed by atoms with Crippen LogP contribution in [0.4, 0.5) is 0 Å². The van der Waals surface area contributed by atoms with Gasteiger partial charge in [0.15, 0.2) is 0 Å². The number of aliphatic hydroxyl groups is 1. The Morgan fingerprint density at radius 2 is 2.24 bits per heavy atom. The Morgan fingerprint density at radius 1 is 1.47 bits per heavy atom. The fraction of sp³-hybridized carbons (Fsp3) is 0.636. The van der Waals surface area contributed by atoms with Gasteiger partial charge in [0.05, 0.1) is 31.9 Å². The lowest BCUT2D eigenvalue weighted by molar-refractivity contribution is -0.120. The number of nitrogens with zero attached hydrogens (tertiary/aromatic N) is 1. The van der Waals surface area contributed by atoms with Crippen molar-refractivity contribution in [1.82, 2.24) is 15.5 Å². The fourth-order valence-electron chi connectivity index (χ4n) is 1.49. The number of hydrogen-bond acceptors (Lipinski definition) is 4. The zero-order valence-corrected chi connectivity index (χ0v) is 10.2. The van der Waals surface area contributed by atoms with Gasteiger partial charge in [-0.1, -0.05) is 0 Å². The summed E-state index contributed by atoms with van der Waals surface area (Å²) >= 11 is 0. The van der Waals surface area contributed by atoms with Gasteiger partial charge < -0.3 is 15.2 Å². The van der Waals surface area contributed by atoms with Crippen LogP contribution in [0.1, 0.15) is 17.0 Å². The van der Waals surface area contributed by atoms with E-state index in [1.807, 2.05) is 13.8 Å². The molecule has 6 heteroatoms. The summed E-state index contributed by atoms with van der Waals surface area (Å²) in [7, 11) is 0. The molecule has 0 aliphatic rings. The van der Waals surface area contributed by atoms with E-state index in [1.54, 1.807) is 0 Å². The van der Waals surface area contributed by atoms with Crippen LogP contribution in [0.2, 0.25) is 0 Å². The highest BCUT2D eigenvalue weighted by Gasteiger charge is 2.10. The van der Waals surface area contributed by atoms with Crippen LogP contribution in [-0.4, -0.2) is 47.6 Å². The topological polar surface area (TPSA) is 87.2 Å². The number of aromatic nitrogens is 2. The van der Waals surface area contributed by atoms with Crippen molar-refractivity contribution >= 4 is 5.91 Å². The molecular formula is C11H19N3O3. The van der Waals surface area contributed by atoms with Crippen LogP contribution in [0.3, 0.4) is 0 Å². The van der Waals surface area contributed by atoms with Gasteiger partial charge in [-0.3, -0.25) is 9.89 Å². The first kappa shape index (κ1) is 13.7. The Morgan fingerprint density at radius 3 is 2.82 bits per heavy atom. The molecule has 3 N–H and O–H groups in total. The maximum absolute atomic E-state index is 11.6. The quantitative estimate of drug-likeness (QED) is 0.572. The average Bonchev–Trinajstić information content (AvgIpc) is 2.60. The zero-order valence-electron chi connectivity index (χ0n) is 10.2. The van der Waals surface area contributed by atoms with E-state index in [-0.39, 0.29) is 12.5 Å². The number of amides is 1. The van der Waals surface area contributed by atoms with Crippen LogP contribution in [0.15, 0.2) is 0 Å². The van der Waals surface area contributed by atoms with E-state index in [0.29, 0.717) is 26.2 Å². The molecule has 0 radical (unpaired) electrons. The molecule has 1 aromatic rings. The minimum absolute atomic E-state index is 0.00134. The second-order valence-electron chi connectivity index (χ2n) is 3.78. The van der Waals surface area contributed by atoms with E-state index in [1.165, 1.54) is 0 Å². The van der Waals surface area contributed by atoms with Gasteiger partial charge in [0.25, 0.3) is 0 Å². The monoisotopic (exact) mass is 241 g/mol. The average molecular weight is 241 g/mol. The second-order valence-corrected chi connectivity index (χ2v) is 3.78. The molecular weight excluding hydrogens is 222 g/mol. The summed E-state index contributed by atoms with van der Waals surface area (Å²) in [6.45, 7) is 4.94. The molecule has 0 fully saturated rings. The Labute approximate surface area is 100 Å². The highest BCUT2D eigenvalue weighted by Crippen LogP contribution is 2.09. The zero-order chi connectivity index (χ0) is 12.7. The molecule has 0 atom stereocenters. The van der Waals surface area contributed by atoms with Crippen LogP contribution in [0.25, 0.3) is 0 Å². The van der Waals surface area contributed by atoms with Crippen LogP contribution in [0.5, 0.6) is 0 Å². The second kappa shape index (κ2) is 7.03. The lowest BCUT2D eigenvalue weighted by atomic mass is 10.1. The summed E-state index contributed by atoms with van der Waals surface area (Å²) in [5.41, 5.74) is 2.72. The van der Waals surface area contributed by atoms with E-state index in [0.717, 1.165) is 17.0 Å². The number of rotatable bonds is 7. The molecule has 17 heavy (non-hydrogen) atoms. The molecule has 0 saturated carbocycles. The first-order valence-electron chi connectivity index (χ1n) is 5.61. The first-order valence-corrected chi connectivity index (χ1v) is 5.61. The van der Waals surface area contributed by atoms with Crippen molar-refractivity contribution < 1.29 is 14.6 Å². The van der Waals surface area contributed by atoms with Crippen molar-refractivity contribution in [3.8, 4) is 0 Å². The van der Waals surface area contributed by atoms with Gasteiger partial charge in [0.1, 0.15) is 0 Å². The van der Waals surface area contributed by atoms with E-state index < -0.39 is 0 Å². The van der Waals surface area contributed by atoms with Gasteiger partial charge in [-0.25, -0.2) is 0 Å². The van der Waals surface area contributed by atoms with Crippen molar-refractivity contribution in [2.75, 3.05) is 26.4 Å². The lowest BCUT2D eigenvalue weighted by Crippen LogP contribution is -2.29. The van der Waals surface area contributed by atoms with Crippen molar-refractivity contribution in [3.05, 3.63) is 17.0 Å². The third-order valence-electron chi connectivity index (χ3n) is 2.42. The minimum atomic E-state index is -0.0507. The number of ether oxygens (including phenoxy) is 1. The van der Waals surface area contributed by atoms with E-state index >= 15 is 0 Å². The Hall–Kier alpha value is -1.40. The third kappa shape index (κ3) is 4.54. The number of aromatic amines is 1. The number of nitrogens with one attached hydrogen (secondary N) is 2. The predicted octanol–water partition coefficient (Wildman–Crippen LogP) is -0.306. The summed E-state index contributed by atoms with van der Waals surface area (Å²) < 4.78 is 5.03. The van der Waals surface area contributed by atoms with Crippen LogP contribution in [-0.2, 0) is 16.0 Å². The standard InChI is InChI=1S/C11H19N3O3/c1-8-10(9(2)14-13-8)7-11(16)12-3-5-17-6-4-15/h15H,3-7H2,1-2H3,(H,12,16)(H,13,14). The molecule has 0 aliphatic carbocycles. The lowest BCUT2D eigenvalue weighted by Gasteiger charge is -2.05. The molecule has 1 heterocycles. The number of H-pyrrole nitrogens is 1. The van der Waals surface area contributed by atoms with Crippen LogP contribution in [0, 0.1) is 13.8 Å². The van der Waals surface area contributed by atoms with Gasteiger partial charge in [0.2, 0.25) is 5.91 Å². The van der Waals surface area contributed by atoms with Crippen LogP contribution < -0.4 is 5.32 Å². The van der Waals surface area contributed by atoms with E-state index in [9.17, 15) is 4.79 Å². The molecule has 0 aliphatic heterocycles. The summed E-state index contributed by atoms with van der Waals surface area (Å²) in [5.74, 6) is -0.0507. The summed E-state index contributed by atoms with van der Waals surface area (Å²) in [6, 6.07) is 0. The number of aliphatic hydroxyl groups excluding tert-OH is 1. The van der Waals surface area contributed by atoms with Gasteiger partial charge in [-0.2, -0.15) is 5.10 Å². The number of aryl methyl sites for hydroxylation is 2. The molecule has 96 valence electrons. The summed E-state index contributed by atoms with van der Waals surface area (Å²) in [6.07, 6.45) is 0.328. The largest absolute Gasteiger partial charge is 0.394 e. The molecule has 6 nitrogen and oxygen atoms in total. The highest BCUT2D eigenvalue weighted by molar-refractivity contribution is 5.79. The Bertz CT molecular complexity index is 343. The molecule has 1 rings (SSSR count). The third-order valence-corrected chi connectivity index (χ3v) is 2.42. The van der Waals surface area contributed by atoms with Gasteiger partial charge in [-0.15, -0.1) is 0 Å². The normalized spacial score (nSPS) is 10.5. The summed E-state index contributed by atoms with van der Waals surface area (Å²) in [4.78, 5) is 11.6. The predicted molar refractivity (Wildman–Crippen MR) is 62.7 cm³/mol. The van der Waals surface area contributed by atoms with E-state index in [4.69, 9.17) is 9.84 Å². The maximum atomic E-state index is 11.6. The summed E-state index contributed by atoms with van der Waals surface area (Å²) in [5, 5.41) is 18.1. The Balaban J connectivity index is 2.26. The molecule has 1 aromatic heterocycles. The number of hydrogen-bond donors (Lipinski definition) is 3. The number of carbonyl (C=O) groups excluding carboxylic acids is 1.